The maximum atomic E-state index is 9.13. The molecule has 0 aliphatic carbocycles. The van der Waals surface area contributed by atoms with E-state index in [4.69, 9.17) is 16.3 Å². The lowest BCUT2D eigenvalue weighted by molar-refractivity contribution is 0.00526. The quantitative estimate of drug-likeness (QED) is 0.356. The second kappa shape index (κ2) is 18.9. The fourth-order valence-electron chi connectivity index (χ4n) is 2.56. The highest BCUT2D eigenvalue weighted by Crippen LogP contribution is 2.12. The molecule has 22 heavy (non-hydrogen) atoms. The zero-order valence-electron chi connectivity index (χ0n) is 15.8. The van der Waals surface area contributed by atoms with Crippen molar-refractivity contribution in [3.63, 3.8) is 0 Å². The molecule has 134 valence electrons. The summed E-state index contributed by atoms with van der Waals surface area (Å²) in [6.45, 7) is 1.46. The Bertz CT molecular complexity index is 227. The molecule has 0 heterocycles. The predicted molar refractivity (Wildman–Crippen MR) is 94.2 cm³/mol. The summed E-state index contributed by atoms with van der Waals surface area (Å²) in [7, 11) is 0. The average Bonchev–Trinajstić information content (AvgIpc) is 2.56. The van der Waals surface area contributed by atoms with Gasteiger partial charge in [0.1, 0.15) is 6.10 Å². The summed E-state index contributed by atoms with van der Waals surface area (Å²) in [4.78, 5) is 0. The van der Waals surface area contributed by atoms with Gasteiger partial charge in [0.15, 0.2) is 0 Å². The summed E-state index contributed by atoms with van der Waals surface area (Å²) in [5.41, 5.74) is 0. The second-order valence-corrected chi connectivity index (χ2v) is 6.37. The fraction of sp³-hybridized carbons (Fsp3) is 1.00. The van der Waals surface area contributed by atoms with Gasteiger partial charge in [-0.1, -0.05) is 90.4 Å². The Balaban J connectivity index is 3.12. The number of aliphatic hydroxyl groups is 2. The summed E-state index contributed by atoms with van der Waals surface area (Å²) in [6.07, 6.45) is 17.1. The summed E-state index contributed by atoms with van der Waals surface area (Å²) in [5, 5.41) is 17.8. The van der Waals surface area contributed by atoms with Gasteiger partial charge in [0.25, 0.3) is 0 Å². The first-order valence-electron chi connectivity index (χ1n) is 10.1. The fourth-order valence-corrected chi connectivity index (χ4v) is 2.56. The van der Waals surface area contributed by atoms with Crippen LogP contribution < -0.4 is 0 Å². The predicted octanol–water partition coefficient (Wildman–Crippen LogP) is 4.84. The summed E-state index contributed by atoms with van der Waals surface area (Å²) in [6, 6.07) is 0. The largest absolute Gasteiger partial charge is 0.394 e. The van der Waals surface area contributed by atoms with E-state index in [1.54, 1.807) is 0 Å². The lowest BCUT2D eigenvalue weighted by atomic mass is 10.0. The molecule has 0 aliphatic rings. The normalized spacial score (nSPS) is 14.8. The Morgan fingerprint density at radius 3 is 1.59 bits per heavy atom. The van der Waals surface area contributed by atoms with Crippen molar-refractivity contribution in [2.45, 2.75) is 103 Å². The van der Waals surface area contributed by atoms with Crippen LogP contribution in [0.3, 0.4) is 0 Å². The molecule has 1 unspecified atom stereocenters. The first-order valence-corrected chi connectivity index (χ1v) is 9.53. The maximum absolute atomic E-state index is 9.13. The minimum absolute atomic E-state index is 0.0586. The highest BCUT2D eigenvalue weighted by Gasteiger charge is 2.00. The van der Waals surface area contributed by atoms with E-state index in [9.17, 15) is 0 Å². The van der Waals surface area contributed by atoms with Crippen molar-refractivity contribution < 1.29 is 16.3 Å². The first-order chi connectivity index (χ1) is 11.2. The van der Waals surface area contributed by atoms with E-state index in [1.807, 2.05) is 0 Å². The third-order valence-corrected chi connectivity index (χ3v) is 4.04. The van der Waals surface area contributed by atoms with E-state index >= 15 is 0 Å². The number of unbranched alkanes of at least 4 members (excludes halogenated alkanes) is 12. The van der Waals surface area contributed by atoms with Gasteiger partial charge in [0.05, 0.1) is 14.6 Å². The molecular formula is C19H40O3. The minimum Gasteiger partial charge on any atom is -0.394 e. The Morgan fingerprint density at radius 1 is 0.773 bits per heavy atom. The van der Waals surface area contributed by atoms with Crippen molar-refractivity contribution in [1.82, 2.24) is 0 Å². The van der Waals surface area contributed by atoms with Crippen molar-refractivity contribution in [3.8, 4) is 0 Å². The van der Waals surface area contributed by atoms with E-state index in [2.05, 4.69) is 6.92 Å². The van der Waals surface area contributed by atoms with Crippen LogP contribution in [0.25, 0.3) is 0 Å². The minimum atomic E-state index is -0.852. The molecule has 0 spiro atoms. The zero-order chi connectivity index (χ0) is 17.2. The van der Waals surface area contributed by atoms with E-state index in [1.165, 1.54) is 70.6 Å². The molecule has 0 fully saturated rings. The SMILES string of the molecule is [3H][C@H](CCCCCCCCCCCCCCC)OCC(O)CO. The van der Waals surface area contributed by atoms with Gasteiger partial charge < -0.3 is 14.9 Å². The van der Waals surface area contributed by atoms with Crippen LogP contribution in [0.15, 0.2) is 0 Å². The molecule has 0 aromatic rings. The molecule has 0 amide bonds. The molecule has 0 saturated carbocycles. The highest BCUT2D eigenvalue weighted by molar-refractivity contribution is 4.51. The monoisotopic (exact) mass is 318 g/mol. The topological polar surface area (TPSA) is 49.7 Å². The Morgan fingerprint density at radius 2 is 1.18 bits per heavy atom. The molecule has 0 saturated heterocycles. The van der Waals surface area contributed by atoms with Gasteiger partial charge in [0, 0.05) is 6.58 Å². The average molecular weight is 319 g/mol. The van der Waals surface area contributed by atoms with Gasteiger partial charge in [0.2, 0.25) is 0 Å². The van der Waals surface area contributed by atoms with E-state index < -0.39 is 12.7 Å². The molecule has 3 nitrogen and oxygen atoms in total. The van der Waals surface area contributed by atoms with Gasteiger partial charge >= 0.3 is 0 Å². The van der Waals surface area contributed by atoms with Crippen LogP contribution >= 0.6 is 0 Å². The van der Waals surface area contributed by atoms with Crippen LogP contribution in [-0.2, 0) is 4.74 Å². The summed E-state index contributed by atoms with van der Waals surface area (Å²) < 4.78 is 12.8. The van der Waals surface area contributed by atoms with Crippen LogP contribution in [0.4, 0.5) is 0 Å². The lowest BCUT2D eigenvalue weighted by Gasteiger charge is -2.08. The highest BCUT2D eigenvalue weighted by atomic mass is 16.5. The number of hydrogen-bond donors (Lipinski definition) is 2. The maximum Gasteiger partial charge on any atom is 0.100 e. The van der Waals surface area contributed by atoms with Crippen LogP contribution in [0, 0.1) is 0 Å². The van der Waals surface area contributed by atoms with Gasteiger partial charge in [-0.3, -0.25) is 0 Å². The van der Waals surface area contributed by atoms with Gasteiger partial charge in [-0.25, -0.2) is 0 Å². The van der Waals surface area contributed by atoms with Gasteiger partial charge in [-0.2, -0.15) is 0 Å². The summed E-state index contributed by atoms with van der Waals surface area (Å²) >= 11 is 0. The molecule has 0 aliphatic heterocycles. The number of rotatable bonds is 18. The number of aliphatic hydroxyl groups excluding tert-OH is 2. The van der Waals surface area contributed by atoms with Crippen molar-refractivity contribution in [2.24, 2.45) is 0 Å². The van der Waals surface area contributed by atoms with Crippen molar-refractivity contribution >= 4 is 0 Å². The molecular weight excluding hydrogens is 276 g/mol. The molecule has 2 atom stereocenters. The van der Waals surface area contributed by atoms with Crippen LogP contribution in [-0.4, -0.2) is 36.1 Å². The smallest absolute Gasteiger partial charge is 0.100 e. The molecule has 0 radical (unpaired) electrons. The molecule has 2 N–H and O–H groups in total. The number of hydrogen-bond acceptors (Lipinski definition) is 3. The summed E-state index contributed by atoms with van der Waals surface area (Å²) in [5.74, 6) is 0. The Hall–Kier alpha value is -0.120. The third kappa shape index (κ3) is 17.9. The number of ether oxygens (including phenoxy) is 1. The third-order valence-electron chi connectivity index (χ3n) is 4.04. The first kappa shape index (κ1) is 19.9. The molecule has 3 heteroatoms. The Kier molecular flexibility index (Phi) is 17.1. The molecule has 0 rings (SSSR count). The second-order valence-electron chi connectivity index (χ2n) is 6.37. The molecule has 0 bridgehead atoms. The van der Waals surface area contributed by atoms with Crippen molar-refractivity contribution in [2.75, 3.05) is 19.8 Å². The van der Waals surface area contributed by atoms with Crippen molar-refractivity contribution in [3.05, 3.63) is 0 Å². The van der Waals surface area contributed by atoms with Gasteiger partial charge in [-0.15, -0.1) is 0 Å². The van der Waals surface area contributed by atoms with Gasteiger partial charge in [-0.05, 0) is 6.42 Å². The molecule has 0 aromatic heterocycles. The van der Waals surface area contributed by atoms with E-state index in [0.29, 0.717) is 0 Å². The Labute approximate surface area is 139 Å². The van der Waals surface area contributed by atoms with Crippen LogP contribution in [0.5, 0.6) is 0 Å². The van der Waals surface area contributed by atoms with E-state index in [0.717, 1.165) is 19.3 Å². The van der Waals surface area contributed by atoms with E-state index in [-0.39, 0.29) is 13.2 Å². The molecule has 0 aromatic carbocycles. The zero-order valence-corrected chi connectivity index (χ0v) is 14.8. The van der Waals surface area contributed by atoms with Crippen LogP contribution in [0.2, 0.25) is 0 Å². The van der Waals surface area contributed by atoms with Crippen LogP contribution in [0.1, 0.15) is 98.2 Å². The van der Waals surface area contributed by atoms with Crippen molar-refractivity contribution in [1.29, 1.82) is 0 Å². The lowest BCUT2D eigenvalue weighted by Crippen LogP contribution is -2.19. The standard InChI is InChI=1S/C19H40O3/c1-2-3-4-5-6-7-8-9-10-11-12-13-14-15-16-22-18-19(21)17-20/h19-21H,2-18H2,1H3/i16T/t16-,19?/m1/s1.